The first-order valence-electron chi connectivity index (χ1n) is 4.17. The number of sulfonamides is 1. The minimum absolute atomic E-state index is 0.0711. The maximum Gasteiger partial charge on any atom is 0.324 e. The maximum atomic E-state index is 11.8. The topological polar surface area (TPSA) is 83.5 Å². The third-order valence-electron chi connectivity index (χ3n) is 1.75. The number of carboxylic acid groups (broad SMARTS) is 1. The number of halogens is 1. The second-order valence-electron chi connectivity index (χ2n) is 3.59. The average Bonchev–Trinajstić information content (AvgIpc) is 2.49. The number of rotatable bonds is 4. The van der Waals surface area contributed by atoms with Gasteiger partial charge in [-0.05, 0) is 41.2 Å². The first kappa shape index (κ1) is 13.6. The number of hydrogen-bond donors (Lipinski definition) is 2. The number of hydrogen-bond acceptors (Lipinski definition) is 4. The van der Waals surface area contributed by atoms with Crippen molar-refractivity contribution in [3.63, 3.8) is 0 Å². The van der Waals surface area contributed by atoms with E-state index in [1.54, 1.807) is 11.4 Å². The molecule has 0 atom stereocenters. The van der Waals surface area contributed by atoms with Gasteiger partial charge in [0.1, 0.15) is 9.75 Å². The third-order valence-corrected chi connectivity index (χ3v) is 6.08. The zero-order chi connectivity index (χ0) is 12.6. The van der Waals surface area contributed by atoms with E-state index in [0.29, 0.717) is 4.47 Å². The highest BCUT2D eigenvalue weighted by Crippen LogP contribution is 2.28. The van der Waals surface area contributed by atoms with Crippen molar-refractivity contribution in [1.82, 2.24) is 4.72 Å². The van der Waals surface area contributed by atoms with E-state index in [1.165, 1.54) is 13.8 Å². The summed E-state index contributed by atoms with van der Waals surface area (Å²) in [5, 5.41) is 10.4. The molecule has 0 fully saturated rings. The molecule has 1 rings (SSSR count). The van der Waals surface area contributed by atoms with E-state index in [2.05, 4.69) is 20.7 Å². The van der Waals surface area contributed by atoms with Crippen LogP contribution < -0.4 is 4.72 Å². The monoisotopic (exact) mass is 327 g/mol. The molecular formula is C8H10BrNO4S2. The van der Waals surface area contributed by atoms with Gasteiger partial charge in [0, 0.05) is 4.47 Å². The molecule has 0 aliphatic rings. The number of nitrogens with one attached hydrogen (secondary N) is 1. The van der Waals surface area contributed by atoms with E-state index in [-0.39, 0.29) is 4.21 Å². The summed E-state index contributed by atoms with van der Waals surface area (Å²) >= 11 is 4.11. The van der Waals surface area contributed by atoms with Gasteiger partial charge in [-0.1, -0.05) is 0 Å². The summed E-state index contributed by atoms with van der Waals surface area (Å²) in [4.78, 5) is 10.8. The van der Waals surface area contributed by atoms with Crippen LogP contribution >= 0.6 is 27.3 Å². The van der Waals surface area contributed by atoms with Gasteiger partial charge in [-0.15, -0.1) is 11.3 Å². The lowest BCUT2D eigenvalue weighted by Crippen LogP contribution is -2.49. The van der Waals surface area contributed by atoms with Crippen molar-refractivity contribution in [2.45, 2.75) is 23.6 Å². The van der Waals surface area contributed by atoms with E-state index in [9.17, 15) is 13.2 Å². The van der Waals surface area contributed by atoms with Crippen LogP contribution in [0.3, 0.4) is 0 Å². The first-order valence-corrected chi connectivity index (χ1v) is 7.33. The van der Waals surface area contributed by atoms with E-state index in [1.807, 2.05) is 0 Å². The van der Waals surface area contributed by atoms with Gasteiger partial charge in [0.2, 0.25) is 0 Å². The molecule has 16 heavy (non-hydrogen) atoms. The van der Waals surface area contributed by atoms with Crippen LogP contribution in [-0.4, -0.2) is 25.0 Å². The number of carbonyl (C=O) groups is 1. The second-order valence-corrected chi connectivity index (χ2v) is 7.24. The fourth-order valence-electron chi connectivity index (χ4n) is 0.898. The average molecular weight is 328 g/mol. The van der Waals surface area contributed by atoms with Crippen LogP contribution in [0.2, 0.25) is 0 Å². The van der Waals surface area contributed by atoms with Crippen molar-refractivity contribution in [2.75, 3.05) is 0 Å². The minimum atomic E-state index is -3.81. The molecule has 0 spiro atoms. The molecule has 0 bridgehead atoms. The molecule has 0 saturated heterocycles. The first-order chi connectivity index (χ1) is 7.17. The molecule has 2 N–H and O–H groups in total. The Morgan fingerprint density at radius 1 is 1.56 bits per heavy atom. The molecule has 0 amide bonds. The molecule has 1 heterocycles. The molecule has 0 saturated carbocycles. The van der Waals surface area contributed by atoms with Crippen molar-refractivity contribution < 1.29 is 18.3 Å². The quantitative estimate of drug-likeness (QED) is 0.880. The molecular weight excluding hydrogens is 318 g/mol. The number of thiophene rings is 1. The van der Waals surface area contributed by atoms with Crippen molar-refractivity contribution in [2.24, 2.45) is 0 Å². The molecule has 1 aromatic rings. The fourth-order valence-corrected chi connectivity index (χ4v) is 4.61. The fraction of sp³-hybridized carbons (Fsp3) is 0.375. The van der Waals surface area contributed by atoms with Crippen LogP contribution in [0.25, 0.3) is 0 Å². The summed E-state index contributed by atoms with van der Waals surface area (Å²) in [6.45, 7) is 2.57. The predicted octanol–water partition coefficient (Wildman–Crippen LogP) is 1.65. The number of aliphatic carboxylic acids is 1. The maximum absolute atomic E-state index is 11.8. The smallest absolute Gasteiger partial charge is 0.324 e. The summed E-state index contributed by atoms with van der Waals surface area (Å²) in [5.41, 5.74) is -1.54. The number of carboxylic acids is 1. The summed E-state index contributed by atoms with van der Waals surface area (Å²) < 4.78 is 26.3. The molecule has 5 nitrogen and oxygen atoms in total. The lowest BCUT2D eigenvalue weighted by atomic mass is 10.1. The van der Waals surface area contributed by atoms with Gasteiger partial charge in [0.25, 0.3) is 10.0 Å². The highest BCUT2D eigenvalue weighted by atomic mass is 79.9. The Hall–Kier alpha value is -0.440. The zero-order valence-corrected chi connectivity index (χ0v) is 11.7. The van der Waals surface area contributed by atoms with E-state index in [0.717, 1.165) is 11.3 Å². The molecule has 0 radical (unpaired) electrons. The predicted molar refractivity (Wildman–Crippen MR) is 64.1 cm³/mol. The normalized spacial score (nSPS) is 12.7. The Kier molecular flexibility index (Phi) is 3.78. The van der Waals surface area contributed by atoms with Crippen molar-refractivity contribution in [1.29, 1.82) is 0 Å². The van der Waals surface area contributed by atoms with Gasteiger partial charge in [0.05, 0.1) is 0 Å². The largest absolute Gasteiger partial charge is 0.480 e. The molecule has 1 aromatic heterocycles. The molecule has 0 aliphatic carbocycles. The van der Waals surface area contributed by atoms with E-state index < -0.39 is 21.5 Å². The third kappa shape index (κ3) is 2.82. The highest BCUT2D eigenvalue weighted by molar-refractivity contribution is 9.10. The van der Waals surface area contributed by atoms with Gasteiger partial charge < -0.3 is 5.11 Å². The molecule has 0 aliphatic heterocycles. The summed E-state index contributed by atoms with van der Waals surface area (Å²) in [7, 11) is -3.81. The Bertz CT molecular complexity index is 506. The van der Waals surface area contributed by atoms with Gasteiger partial charge in [-0.3, -0.25) is 4.79 Å². The van der Waals surface area contributed by atoms with Gasteiger partial charge in [0.15, 0.2) is 0 Å². The highest BCUT2D eigenvalue weighted by Gasteiger charge is 2.34. The minimum Gasteiger partial charge on any atom is -0.480 e. The van der Waals surface area contributed by atoms with Crippen molar-refractivity contribution in [3.05, 3.63) is 15.9 Å². The standard InChI is InChI=1S/C8H10BrNO4S2/c1-8(2,7(11)12)10-16(13,14)6-5(9)3-4-15-6/h3-4,10H,1-2H3,(H,11,12). The Balaban J connectivity index is 3.07. The molecule has 90 valence electrons. The van der Waals surface area contributed by atoms with Crippen LogP contribution in [0.4, 0.5) is 0 Å². The van der Waals surface area contributed by atoms with Crippen molar-refractivity contribution >= 4 is 43.3 Å². The second kappa shape index (κ2) is 4.44. The lowest BCUT2D eigenvalue weighted by Gasteiger charge is -2.20. The van der Waals surface area contributed by atoms with Gasteiger partial charge in [-0.2, -0.15) is 4.72 Å². The van der Waals surface area contributed by atoms with E-state index >= 15 is 0 Å². The zero-order valence-electron chi connectivity index (χ0n) is 8.52. The van der Waals surface area contributed by atoms with Crippen LogP contribution in [0.5, 0.6) is 0 Å². The molecule has 0 unspecified atom stereocenters. The lowest BCUT2D eigenvalue weighted by molar-refractivity contribution is -0.142. The summed E-state index contributed by atoms with van der Waals surface area (Å²) in [6.07, 6.45) is 0. The Morgan fingerprint density at radius 2 is 2.12 bits per heavy atom. The van der Waals surface area contributed by atoms with Gasteiger partial charge >= 0.3 is 5.97 Å². The van der Waals surface area contributed by atoms with Crippen LogP contribution in [0.1, 0.15) is 13.8 Å². The van der Waals surface area contributed by atoms with Gasteiger partial charge in [-0.25, -0.2) is 8.42 Å². The summed E-state index contributed by atoms with van der Waals surface area (Å²) in [5.74, 6) is -1.23. The Morgan fingerprint density at radius 3 is 2.50 bits per heavy atom. The summed E-state index contributed by atoms with van der Waals surface area (Å²) in [6, 6.07) is 1.59. The van der Waals surface area contributed by atoms with Crippen LogP contribution in [0.15, 0.2) is 20.1 Å². The molecule has 8 heteroatoms. The molecule has 0 aromatic carbocycles. The SMILES string of the molecule is CC(C)(NS(=O)(=O)c1sccc1Br)C(=O)O. The van der Waals surface area contributed by atoms with Crippen LogP contribution in [0, 0.1) is 0 Å². The van der Waals surface area contributed by atoms with Crippen molar-refractivity contribution in [3.8, 4) is 0 Å². The van der Waals surface area contributed by atoms with Crippen LogP contribution in [-0.2, 0) is 14.8 Å². The van der Waals surface area contributed by atoms with E-state index in [4.69, 9.17) is 5.11 Å². The Labute approximate surface area is 106 Å².